The van der Waals surface area contributed by atoms with E-state index >= 15 is 0 Å². The summed E-state index contributed by atoms with van der Waals surface area (Å²) in [5.74, 6) is -2.62. The molecule has 0 saturated heterocycles. The molecular weight excluding hydrogens is 326 g/mol. The van der Waals surface area contributed by atoms with Crippen molar-refractivity contribution in [1.29, 1.82) is 0 Å². The first-order valence-corrected chi connectivity index (χ1v) is 6.29. The van der Waals surface area contributed by atoms with Gasteiger partial charge in [0, 0.05) is 11.0 Å². The number of carbonyl (C=O) groups excluding carboxylic acids is 1. The number of benzene rings is 1. The maximum atomic E-state index is 13.6. The highest BCUT2D eigenvalue weighted by Gasteiger charge is 2.23. The molecule has 98 valence electrons. The standard InChI is InChI=1S/C11H11BrF2N2OS/c1-2-16(5-9(15)18)11(17)10-7(13)3-6(12)4-8(10)14/h3-4H,2,5H2,1H3,(H2,15,18). The lowest BCUT2D eigenvalue weighted by atomic mass is 10.1. The van der Waals surface area contributed by atoms with Crippen LogP contribution in [-0.2, 0) is 0 Å². The van der Waals surface area contributed by atoms with E-state index in [-0.39, 0.29) is 22.6 Å². The average molecular weight is 337 g/mol. The molecule has 0 aliphatic rings. The van der Waals surface area contributed by atoms with Crippen LogP contribution in [0, 0.1) is 11.6 Å². The topological polar surface area (TPSA) is 46.3 Å². The molecule has 0 aliphatic carbocycles. The molecule has 2 N–H and O–H groups in total. The Kier molecular flexibility index (Phi) is 5.15. The molecule has 0 radical (unpaired) electrons. The summed E-state index contributed by atoms with van der Waals surface area (Å²) in [4.78, 5) is 13.2. The van der Waals surface area contributed by atoms with Gasteiger partial charge in [-0.1, -0.05) is 28.1 Å². The number of halogens is 3. The molecule has 0 bridgehead atoms. The fourth-order valence-electron chi connectivity index (χ4n) is 1.42. The monoisotopic (exact) mass is 336 g/mol. The molecule has 1 aromatic carbocycles. The predicted octanol–water partition coefficient (Wildman–Crippen LogP) is 2.48. The van der Waals surface area contributed by atoms with E-state index in [1.54, 1.807) is 6.92 Å². The van der Waals surface area contributed by atoms with E-state index in [0.717, 1.165) is 12.1 Å². The Hall–Kier alpha value is -1.08. The lowest BCUT2D eigenvalue weighted by molar-refractivity contribution is 0.0778. The Balaban J connectivity index is 3.13. The number of nitrogens with two attached hydrogens (primary N) is 1. The van der Waals surface area contributed by atoms with Gasteiger partial charge in [0.25, 0.3) is 5.91 Å². The summed E-state index contributed by atoms with van der Waals surface area (Å²) >= 11 is 7.63. The molecule has 1 aromatic rings. The second-order valence-corrected chi connectivity index (χ2v) is 4.97. The first kappa shape index (κ1) is 15.0. The maximum Gasteiger partial charge on any atom is 0.260 e. The van der Waals surface area contributed by atoms with Gasteiger partial charge in [0.1, 0.15) is 17.2 Å². The van der Waals surface area contributed by atoms with E-state index < -0.39 is 23.1 Å². The van der Waals surface area contributed by atoms with Crippen LogP contribution in [0.25, 0.3) is 0 Å². The van der Waals surface area contributed by atoms with E-state index in [0.29, 0.717) is 0 Å². The quantitative estimate of drug-likeness (QED) is 0.859. The van der Waals surface area contributed by atoms with Crippen LogP contribution in [0.15, 0.2) is 16.6 Å². The summed E-state index contributed by atoms with van der Waals surface area (Å²) in [5.41, 5.74) is 4.73. The molecule has 3 nitrogen and oxygen atoms in total. The molecule has 0 aromatic heterocycles. The summed E-state index contributed by atoms with van der Waals surface area (Å²) in [6.45, 7) is 1.91. The molecule has 0 saturated carbocycles. The van der Waals surface area contributed by atoms with Crippen molar-refractivity contribution in [3.8, 4) is 0 Å². The zero-order valence-electron chi connectivity index (χ0n) is 9.54. The van der Waals surface area contributed by atoms with Gasteiger partial charge in [0.2, 0.25) is 0 Å². The van der Waals surface area contributed by atoms with Crippen LogP contribution in [-0.4, -0.2) is 28.9 Å². The largest absolute Gasteiger partial charge is 0.392 e. The van der Waals surface area contributed by atoms with Gasteiger partial charge in [-0.15, -0.1) is 0 Å². The number of amides is 1. The zero-order valence-corrected chi connectivity index (χ0v) is 11.9. The lowest BCUT2D eigenvalue weighted by Crippen LogP contribution is -2.38. The van der Waals surface area contributed by atoms with Crippen LogP contribution in [0.3, 0.4) is 0 Å². The number of carbonyl (C=O) groups is 1. The fourth-order valence-corrected chi connectivity index (χ4v) is 1.98. The second kappa shape index (κ2) is 6.19. The first-order chi connectivity index (χ1) is 8.36. The SMILES string of the molecule is CCN(CC(N)=S)C(=O)c1c(F)cc(Br)cc1F. The van der Waals surface area contributed by atoms with E-state index in [9.17, 15) is 13.6 Å². The van der Waals surface area contributed by atoms with Crippen molar-refractivity contribution in [3.63, 3.8) is 0 Å². The smallest absolute Gasteiger partial charge is 0.260 e. The minimum atomic E-state index is -0.923. The molecule has 0 aliphatic heterocycles. The minimum absolute atomic E-state index is 0.0143. The summed E-state index contributed by atoms with van der Waals surface area (Å²) in [6, 6.07) is 2.07. The molecule has 0 atom stereocenters. The van der Waals surface area contributed by atoms with Crippen molar-refractivity contribution < 1.29 is 13.6 Å². The molecule has 0 unspecified atom stereocenters. The summed E-state index contributed by atoms with van der Waals surface area (Å²) < 4.78 is 27.5. The highest BCUT2D eigenvalue weighted by molar-refractivity contribution is 9.10. The van der Waals surface area contributed by atoms with Gasteiger partial charge in [-0.3, -0.25) is 4.79 Å². The van der Waals surface area contributed by atoms with Crippen LogP contribution in [0.5, 0.6) is 0 Å². The third kappa shape index (κ3) is 3.46. The number of hydrogen-bond acceptors (Lipinski definition) is 2. The highest BCUT2D eigenvalue weighted by Crippen LogP contribution is 2.20. The molecule has 0 heterocycles. The van der Waals surface area contributed by atoms with Gasteiger partial charge in [-0.05, 0) is 19.1 Å². The van der Waals surface area contributed by atoms with Crippen LogP contribution < -0.4 is 5.73 Å². The lowest BCUT2D eigenvalue weighted by Gasteiger charge is -2.20. The van der Waals surface area contributed by atoms with Gasteiger partial charge in [0.15, 0.2) is 0 Å². The van der Waals surface area contributed by atoms with E-state index in [4.69, 9.17) is 5.73 Å². The van der Waals surface area contributed by atoms with Crippen LogP contribution in [0.2, 0.25) is 0 Å². The van der Waals surface area contributed by atoms with E-state index in [1.165, 1.54) is 4.90 Å². The molecule has 0 spiro atoms. The van der Waals surface area contributed by atoms with Gasteiger partial charge in [-0.2, -0.15) is 0 Å². The van der Waals surface area contributed by atoms with Crippen LogP contribution >= 0.6 is 28.1 Å². The van der Waals surface area contributed by atoms with E-state index in [1.807, 2.05) is 0 Å². The number of rotatable bonds is 4. The van der Waals surface area contributed by atoms with Crippen molar-refractivity contribution in [2.45, 2.75) is 6.92 Å². The Morgan fingerprint density at radius 2 is 1.94 bits per heavy atom. The van der Waals surface area contributed by atoms with Crippen LogP contribution in [0.1, 0.15) is 17.3 Å². The maximum absolute atomic E-state index is 13.6. The molecule has 18 heavy (non-hydrogen) atoms. The number of thiocarbonyl (C=S) groups is 1. The van der Waals surface area contributed by atoms with Gasteiger partial charge < -0.3 is 10.6 Å². The normalized spacial score (nSPS) is 10.2. The molecule has 1 rings (SSSR count). The van der Waals surface area contributed by atoms with E-state index in [2.05, 4.69) is 28.1 Å². The van der Waals surface area contributed by atoms with Gasteiger partial charge >= 0.3 is 0 Å². The number of nitrogens with zero attached hydrogens (tertiary/aromatic N) is 1. The van der Waals surface area contributed by atoms with Crippen LogP contribution in [0.4, 0.5) is 8.78 Å². The molecule has 0 fully saturated rings. The Morgan fingerprint density at radius 1 is 1.44 bits per heavy atom. The van der Waals surface area contributed by atoms with Crippen molar-refractivity contribution >= 4 is 39.0 Å². The summed E-state index contributed by atoms with van der Waals surface area (Å²) in [6.07, 6.45) is 0. The number of likely N-dealkylation sites (N-methyl/N-ethyl adjacent to an activating group) is 1. The molecule has 7 heteroatoms. The first-order valence-electron chi connectivity index (χ1n) is 5.09. The van der Waals surface area contributed by atoms with Gasteiger partial charge in [0.05, 0.1) is 11.5 Å². The van der Waals surface area contributed by atoms with Gasteiger partial charge in [-0.25, -0.2) is 8.78 Å². The second-order valence-electron chi connectivity index (χ2n) is 3.53. The van der Waals surface area contributed by atoms with Crippen molar-refractivity contribution in [1.82, 2.24) is 4.90 Å². The Labute approximate surface area is 117 Å². The Bertz CT molecular complexity index is 473. The molecular formula is C11H11BrF2N2OS. The summed E-state index contributed by atoms with van der Waals surface area (Å²) in [5, 5.41) is 0. The third-order valence-corrected chi connectivity index (χ3v) is 2.82. The third-order valence-electron chi connectivity index (χ3n) is 2.24. The predicted molar refractivity (Wildman–Crippen MR) is 72.4 cm³/mol. The van der Waals surface area contributed by atoms with Crippen molar-refractivity contribution in [3.05, 3.63) is 33.8 Å². The molecule has 1 amide bonds. The van der Waals surface area contributed by atoms with Crippen molar-refractivity contribution in [2.75, 3.05) is 13.1 Å². The summed E-state index contributed by atoms with van der Waals surface area (Å²) in [7, 11) is 0. The average Bonchev–Trinajstić information content (AvgIpc) is 2.23. The fraction of sp³-hybridized carbons (Fsp3) is 0.273. The number of hydrogen-bond donors (Lipinski definition) is 1. The minimum Gasteiger partial charge on any atom is -0.392 e. The van der Waals surface area contributed by atoms with Crippen molar-refractivity contribution in [2.24, 2.45) is 5.73 Å². The highest BCUT2D eigenvalue weighted by atomic mass is 79.9. The zero-order chi connectivity index (χ0) is 13.9. The Morgan fingerprint density at radius 3 is 2.33 bits per heavy atom.